The van der Waals surface area contributed by atoms with Crippen LogP contribution in [0.25, 0.3) is 11.0 Å². The summed E-state index contributed by atoms with van der Waals surface area (Å²) in [5.74, 6) is -0.885. The van der Waals surface area contributed by atoms with Crippen LogP contribution in [0.1, 0.15) is 39.7 Å². The molecule has 4 aromatic rings. The van der Waals surface area contributed by atoms with Crippen molar-refractivity contribution < 1.29 is 27.5 Å². The van der Waals surface area contributed by atoms with Gasteiger partial charge < -0.3 is 14.9 Å². The molecule has 0 aliphatic carbocycles. The van der Waals surface area contributed by atoms with E-state index in [4.69, 9.17) is 9.57 Å². The summed E-state index contributed by atoms with van der Waals surface area (Å²) in [6, 6.07) is 13.7. The van der Waals surface area contributed by atoms with Crippen molar-refractivity contribution >= 4 is 22.7 Å². The van der Waals surface area contributed by atoms with Crippen LogP contribution < -0.4 is 15.7 Å². The predicted molar refractivity (Wildman–Crippen MR) is 130 cm³/mol. The van der Waals surface area contributed by atoms with E-state index in [-0.39, 0.29) is 36.7 Å². The molecule has 11 heteroatoms. The van der Waals surface area contributed by atoms with Gasteiger partial charge in [0.2, 0.25) is 0 Å². The Hall–Kier alpha value is -4.41. The molecule has 0 radical (unpaired) electrons. The molecule has 0 amide bonds. The van der Waals surface area contributed by atoms with Gasteiger partial charge in [-0.2, -0.15) is 13.2 Å². The van der Waals surface area contributed by atoms with E-state index in [1.165, 1.54) is 18.5 Å². The van der Waals surface area contributed by atoms with Gasteiger partial charge in [0.25, 0.3) is 0 Å². The van der Waals surface area contributed by atoms with Crippen LogP contribution in [0.4, 0.5) is 18.9 Å². The van der Waals surface area contributed by atoms with Gasteiger partial charge in [-0.05, 0) is 37.1 Å². The normalized spacial score (nSPS) is 11.4. The van der Waals surface area contributed by atoms with E-state index < -0.39 is 23.3 Å². The number of halogens is 3. The van der Waals surface area contributed by atoms with E-state index in [1.807, 2.05) is 30.3 Å². The topological polar surface area (TPSA) is 95.3 Å². The molecular weight excluding hydrogens is 489 g/mol. The second-order valence-corrected chi connectivity index (χ2v) is 8.03. The van der Waals surface area contributed by atoms with Crippen molar-refractivity contribution in [1.29, 1.82) is 0 Å². The number of alkyl halides is 3. The molecule has 0 aliphatic rings. The third-order valence-electron chi connectivity index (χ3n) is 5.54. The maximum Gasteiger partial charge on any atom is 0.416 e. The minimum absolute atomic E-state index is 0.0162. The lowest BCUT2D eigenvalue weighted by molar-refractivity contribution is -0.137. The average molecular weight is 512 g/mol. The number of hydrogen-bond donors (Lipinski definition) is 1. The highest BCUT2D eigenvalue weighted by Gasteiger charge is 2.30. The monoisotopic (exact) mass is 512 g/mol. The Bertz CT molecular complexity index is 1470. The van der Waals surface area contributed by atoms with Crippen molar-refractivity contribution in [2.45, 2.75) is 33.2 Å². The first-order valence-corrected chi connectivity index (χ1v) is 11.3. The van der Waals surface area contributed by atoms with Gasteiger partial charge in [-0.15, -0.1) is 4.73 Å². The van der Waals surface area contributed by atoms with Gasteiger partial charge >= 0.3 is 17.7 Å². The Morgan fingerprint density at radius 3 is 2.38 bits per heavy atom. The standard InChI is InChI=1S/C26H23F3N4O4/c1-3-36-25(35)21-22(30-13-17-9-11-19(12-10-17)26(27,28)29)20-16(2)31-15-32-23(20)33(24(21)34)37-14-18-7-5-4-6-8-18/h4-12,15,30H,3,13-14H2,1-2H3. The Labute approximate surface area is 209 Å². The van der Waals surface area contributed by atoms with E-state index in [0.717, 1.165) is 22.4 Å². The highest BCUT2D eigenvalue weighted by Crippen LogP contribution is 2.30. The van der Waals surface area contributed by atoms with Gasteiger partial charge in [0, 0.05) is 6.54 Å². The van der Waals surface area contributed by atoms with Crippen LogP contribution in [0.5, 0.6) is 0 Å². The molecule has 192 valence electrons. The Kier molecular flexibility index (Phi) is 7.42. The van der Waals surface area contributed by atoms with Gasteiger partial charge in [0.05, 0.1) is 28.9 Å². The number of pyridine rings is 1. The summed E-state index contributed by atoms with van der Waals surface area (Å²) in [7, 11) is 0. The van der Waals surface area contributed by atoms with Crippen LogP contribution in [-0.2, 0) is 24.1 Å². The van der Waals surface area contributed by atoms with Crippen LogP contribution in [0.3, 0.4) is 0 Å². The number of esters is 1. The van der Waals surface area contributed by atoms with Crippen LogP contribution >= 0.6 is 0 Å². The fraction of sp³-hybridized carbons (Fsp3) is 0.231. The molecule has 37 heavy (non-hydrogen) atoms. The molecule has 0 saturated heterocycles. The summed E-state index contributed by atoms with van der Waals surface area (Å²) in [5, 5.41) is 3.36. The molecule has 2 aromatic carbocycles. The molecule has 1 N–H and O–H groups in total. The third-order valence-corrected chi connectivity index (χ3v) is 5.54. The number of nitrogens with one attached hydrogen (secondary N) is 1. The Morgan fingerprint density at radius 2 is 1.73 bits per heavy atom. The second kappa shape index (κ2) is 10.7. The first-order chi connectivity index (χ1) is 17.7. The van der Waals surface area contributed by atoms with Crippen LogP contribution in [0.2, 0.25) is 0 Å². The lowest BCUT2D eigenvalue weighted by atomic mass is 10.1. The van der Waals surface area contributed by atoms with Crippen LogP contribution in [0.15, 0.2) is 65.7 Å². The number of rotatable bonds is 8. The largest absolute Gasteiger partial charge is 0.462 e. The fourth-order valence-corrected chi connectivity index (χ4v) is 3.74. The highest BCUT2D eigenvalue weighted by atomic mass is 19.4. The number of ether oxygens (including phenoxy) is 1. The zero-order valence-electron chi connectivity index (χ0n) is 20.0. The number of carbonyl (C=O) groups is 1. The molecule has 0 unspecified atom stereocenters. The van der Waals surface area contributed by atoms with E-state index >= 15 is 0 Å². The summed E-state index contributed by atoms with van der Waals surface area (Å²) in [5.41, 5.74) is 0.0545. The van der Waals surface area contributed by atoms with Gasteiger partial charge in [0.1, 0.15) is 12.9 Å². The Balaban J connectivity index is 1.80. The summed E-state index contributed by atoms with van der Waals surface area (Å²) < 4.78 is 44.9. The number of aryl methyl sites for hydroxylation is 1. The number of fused-ring (bicyclic) bond motifs is 1. The van der Waals surface area contributed by atoms with E-state index in [9.17, 15) is 22.8 Å². The summed E-state index contributed by atoms with van der Waals surface area (Å²) in [4.78, 5) is 40.7. The molecular formula is C26H23F3N4O4. The van der Waals surface area contributed by atoms with Crippen molar-refractivity contribution in [1.82, 2.24) is 14.7 Å². The van der Waals surface area contributed by atoms with Crippen molar-refractivity contribution in [2.75, 3.05) is 11.9 Å². The van der Waals surface area contributed by atoms with Gasteiger partial charge in [-0.3, -0.25) is 4.79 Å². The van der Waals surface area contributed by atoms with Crippen molar-refractivity contribution in [3.05, 3.63) is 99.2 Å². The minimum atomic E-state index is -4.46. The van der Waals surface area contributed by atoms with E-state index in [0.29, 0.717) is 16.6 Å². The molecule has 2 heterocycles. The number of benzene rings is 2. The van der Waals surface area contributed by atoms with E-state index in [1.54, 1.807) is 13.8 Å². The van der Waals surface area contributed by atoms with Crippen molar-refractivity contribution in [3.8, 4) is 0 Å². The van der Waals surface area contributed by atoms with Crippen LogP contribution in [-0.4, -0.2) is 27.3 Å². The Morgan fingerprint density at radius 1 is 1.03 bits per heavy atom. The molecule has 0 bridgehead atoms. The maximum atomic E-state index is 13.5. The first-order valence-electron chi connectivity index (χ1n) is 11.3. The summed E-state index contributed by atoms with van der Waals surface area (Å²) >= 11 is 0. The van der Waals surface area contributed by atoms with Crippen molar-refractivity contribution in [3.63, 3.8) is 0 Å². The lowest BCUT2D eigenvalue weighted by Gasteiger charge is -2.19. The predicted octanol–water partition coefficient (Wildman–Crippen LogP) is 4.54. The summed E-state index contributed by atoms with van der Waals surface area (Å²) in [6.45, 7) is 3.34. The number of carbonyl (C=O) groups excluding carboxylic acids is 1. The zero-order valence-corrected chi connectivity index (χ0v) is 20.0. The molecule has 0 aliphatic heterocycles. The minimum Gasteiger partial charge on any atom is -0.462 e. The first kappa shape index (κ1) is 25.7. The van der Waals surface area contributed by atoms with Crippen LogP contribution in [0, 0.1) is 6.92 Å². The second-order valence-electron chi connectivity index (χ2n) is 8.03. The number of anilines is 1. The molecule has 0 atom stereocenters. The molecule has 4 rings (SSSR count). The van der Waals surface area contributed by atoms with Gasteiger partial charge in [-0.25, -0.2) is 14.8 Å². The van der Waals surface area contributed by atoms with E-state index in [2.05, 4.69) is 15.3 Å². The van der Waals surface area contributed by atoms with Gasteiger partial charge in [0.15, 0.2) is 11.2 Å². The number of aromatic nitrogens is 3. The maximum absolute atomic E-state index is 13.5. The highest BCUT2D eigenvalue weighted by molar-refractivity contribution is 6.04. The number of hydrogen-bond acceptors (Lipinski definition) is 7. The molecule has 0 spiro atoms. The quantitative estimate of drug-likeness (QED) is 0.347. The number of nitrogens with zero attached hydrogens (tertiary/aromatic N) is 3. The average Bonchev–Trinajstić information content (AvgIpc) is 2.87. The fourth-order valence-electron chi connectivity index (χ4n) is 3.74. The smallest absolute Gasteiger partial charge is 0.416 e. The van der Waals surface area contributed by atoms with Gasteiger partial charge in [-0.1, -0.05) is 42.5 Å². The molecule has 0 saturated carbocycles. The zero-order chi connectivity index (χ0) is 26.6. The lowest BCUT2D eigenvalue weighted by Crippen LogP contribution is -2.34. The third kappa shape index (κ3) is 5.55. The summed E-state index contributed by atoms with van der Waals surface area (Å²) in [6.07, 6.45) is -3.19. The SMILES string of the molecule is CCOC(=O)c1c(NCc2ccc(C(F)(F)F)cc2)c2c(C)ncnc2n(OCc2ccccc2)c1=O. The molecule has 8 nitrogen and oxygen atoms in total. The van der Waals surface area contributed by atoms with Crippen molar-refractivity contribution in [2.24, 2.45) is 0 Å². The molecule has 0 fully saturated rings. The molecule has 2 aromatic heterocycles.